The fraction of sp³-hybridized carbons (Fsp3) is 0.714. The van der Waals surface area contributed by atoms with Crippen molar-refractivity contribution >= 4 is 0 Å². The van der Waals surface area contributed by atoms with E-state index in [4.69, 9.17) is 0 Å². The molecule has 0 amide bonds. The predicted octanol–water partition coefficient (Wildman–Crippen LogP) is 6.06. The van der Waals surface area contributed by atoms with Crippen LogP contribution in [0.5, 0.6) is 0 Å². The van der Waals surface area contributed by atoms with E-state index in [0.29, 0.717) is 5.41 Å². The number of hydrogen-bond acceptors (Lipinski definition) is 0. The Kier molecular flexibility index (Phi) is 3.21. The highest BCUT2D eigenvalue weighted by molar-refractivity contribution is 5.31. The minimum atomic E-state index is 0.551. The number of fused-ring (bicyclic) bond motifs is 5. The van der Waals surface area contributed by atoms with Gasteiger partial charge in [0, 0.05) is 0 Å². The second-order valence-electron chi connectivity index (χ2n) is 8.27. The van der Waals surface area contributed by atoms with E-state index in [1.54, 1.807) is 11.1 Å². The van der Waals surface area contributed by atoms with Crippen molar-refractivity contribution in [3.63, 3.8) is 0 Å². The van der Waals surface area contributed by atoms with Crippen molar-refractivity contribution in [3.8, 4) is 0 Å². The molecule has 5 atom stereocenters. The molecule has 4 rings (SSSR count). The van der Waals surface area contributed by atoms with Crippen molar-refractivity contribution < 1.29 is 0 Å². The average Bonchev–Trinajstić information content (AvgIpc) is 2.83. The highest BCUT2D eigenvalue weighted by Crippen LogP contribution is 2.62. The van der Waals surface area contributed by atoms with Crippen molar-refractivity contribution in [2.75, 3.05) is 0 Å². The summed E-state index contributed by atoms with van der Waals surface area (Å²) in [5, 5.41) is 0. The van der Waals surface area contributed by atoms with Gasteiger partial charge in [-0.15, -0.1) is 0 Å². The molecular formula is C21H30. The van der Waals surface area contributed by atoms with Gasteiger partial charge in [0.2, 0.25) is 0 Å². The molecule has 5 unspecified atom stereocenters. The van der Waals surface area contributed by atoms with Gasteiger partial charge in [0.05, 0.1) is 0 Å². The summed E-state index contributed by atoms with van der Waals surface area (Å²) in [7, 11) is 0. The standard InChI is InChI=1S/C21H30/c1-4-16-7-10-20-19-9-6-15-13-14(2)5-8-17(15)18(19)11-12-21(16,20)3/h7,13,17-20H,2,4-6,8-12H2,1,3H3. The van der Waals surface area contributed by atoms with Gasteiger partial charge in [-0.3, -0.25) is 0 Å². The first kappa shape index (κ1) is 13.9. The third kappa shape index (κ3) is 1.94. The van der Waals surface area contributed by atoms with Crippen LogP contribution in [-0.2, 0) is 0 Å². The Bertz CT molecular complexity index is 520. The lowest BCUT2D eigenvalue weighted by molar-refractivity contribution is 0.00917. The zero-order chi connectivity index (χ0) is 14.6. The maximum atomic E-state index is 4.21. The molecule has 0 aliphatic heterocycles. The number of rotatable bonds is 1. The monoisotopic (exact) mass is 282 g/mol. The van der Waals surface area contributed by atoms with Crippen molar-refractivity contribution in [1.82, 2.24) is 0 Å². The molecule has 0 bridgehead atoms. The molecule has 4 aliphatic rings. The van der Waals surface area contributed by atoms with Gasteiger partial charge in [0.15, 0.2) is 0 Å². The summed E-state index contributed by atoms with van der Waals surface area (Å²) in [4.78, 5) is 0. The molecule has 0 saturated heterocycles. The Labute approximate surface area is 130 Å². The highest BCUT2D eigenvalue weighted by Gasteiger charge is 2.52. The summed E-state index contributed by atoms with van der Waals surface area (Å²) in [6.45, 7) is 9.16. The van der Waals surface area contributed by atoms with Crippen LogP contribution in [0.25, 0.3) is 0 Å². The zero-order valence-corrected chi connectivity index (χ0v) is 13.8. The molecule has 0 aromatic heterocycles. The summed E-state index contributed by atoms with van der Waals surface area (Å²) in [5.41, 5.74) is 5.48. The molecule has 0 radical (unpaired) electrons. The minimum Gasteiger partial charge on any atom is -0.0958 e. The Balaban J connectivity index is 1.62. The molecule has 0 aromatic rings. The molecule has 2 fully saturated rings. The van der Waals surface area contributed by atoms with Gasteiger partial charge in [-0.1, -0.05) is 49.3 Å². The number of allylic oxidation sites excluding steroid dienone is 5. The van der Waals surface area contributed by atoms with Crippen LogP contribution in [0.15, 0.2) is 35.5 Å². The highest BCUT2D eigenvalue weighted by atomic mass is 14.6. The van der Waals surface area contributed by atoms with Gasteiger partial charge < -0.3 is 0 Å². The van der Waals surface area contributed by atoms with Crippen LogP contribution >= 0.6 is 0 Å². The maximum Gasteiger partial charge on any atom is -0.00824 e. The molecule has 0 heteroatoms. The molecule has 0 spiro atoms. The second kappa shape index (κ2) is 4.86. The molecule has 0 nitrogen and oxygen atoms in total. The van der Waals surface area contributed by atoms with Crippen LogP contribution in [-0.4, -0.2) is 0 Å². The molecule has 0 aromatic carbocycles. The Hall–Kier alpha value is -0.780. The van der Waals surface area contributed by atoms with E-state index in [1.807, 2.05) is 0 Å². The Morgan fingerprint density at radius 3 is 2.86 bits per heavy atom. The van der Waals surface area contributed by atoms with Crippen molar-refractivity contribution in [3.05, 3.63) is 35.5 Å². The number of hydrogen-bond donors (Lipinski definition) is 0. The van der Waals surface area contributed by atoms with E-state index in [1.165, 1.54) is 56.9 Å². The van der Waals surface area contributed by atoms with Crippen molar-refractivity contribution in [2.45, 2.75) is 65.2 Å². The first-order valence-electron chi connectivity index (χ1n) is 9.21. The summed E-state index contributed by atoms with van der Waals surface area (Å²) in [5.74, 6) is 3.85. The first-order chi connectivity index (χ1) is 10.1. The van der Waals surface area contributed by atoms with E-state index < -0.39 is 0 Å². The normalized spacial score (nSPS) is 45.3. The minimum absolute atomic E-state index is 0.551. The largest absolute Gasteiger partial charge is 0.0958 e. The van der Waals surface area contributed by atoms with E-state index in [-0.39, 0.29) is 0 Å². The second-order valence-corrected chi connectivity index (χ2v) is 8.27. The lowest BCUT2D eigenvalue weighted by Gasteiger charge is -2.53. The van der Waals surface area contributed by atoms with Crippen LogP contribution in [0.1, 0.15) is 65.2 Å². The molecule has 2 saturated carbocycles. The predicted molar refractivity (Wildman–Crippen MR) is 90.0 cm³/mol. The van der Waals surface area contributed by atoms with Crippen LogP contribution in [0, 0.1) is 29.1 Å². The van der Waals surface area contributed by atoms with Gasteiger partial charge in [-0.25, -0.2) is 0 Å². The third-order valence-corrected chi connectivity index (χ3v) is 7.54. The topological polar surface area (TPSA) is 0 Å². The van der Waals surface area contributed by atoms with E-state index >= 15 is 0 Å². The van der Waals surface area contributed by atoms with Gasteiger partial charge in [-0.2, -0.15) is 0 Å². The Morgan fingerprint density at radius 2 is 2.05 bits per heavy atom. The van der Waals surface area contributed by atoms with Gasteiger partial charge in [0.1, 0.15) is 0 Å². The third-order valence-electron chi connectivity index (χ3n) is 7.54. The fourth-order valence-corrected chi connectivity index (χ4v) is 6.48. The van der Waals surface area contributed by atoms with Crippen LogP contribution < -0.4 is 0 Å². The van der Waals surface area contributed by atoms with Gasteiger partial charge in [-0.05, 0) is 80.5 Å². The lowest BCUT2D eigenvalue weighted by atomic mass is 9.51. The SMILES string of the molecule is C=C1C=C2CCC3C(CCC4(C)C(CC)=CCC34)C2CC1. The summed E-state index contributed by atoms with van der Waals surface area (Å²) < 4.78 is 0. The molecular weight excluding hydrogens is 252 g/mol. The fourth-order valence-electron chi connectivity index (χ4n) is 6.48. The summed E-state index contributed by atoms with van der Waals surface area (Å²) in [6, 6.07) is 0. The smallest absolute Gasteiger partial charge is 0.00824 e. The average molecular weight is 282 g/mol. The van der Waals surface area contributed by atoms with E-state index in [2.05, 4.69) is 32.6 Å². The van der Waals surface area contributed by atoms with Gasteiger partial charge >= 0.3 is 0 Å². The molecule has 4 aliphatic carbocycles. The quantitative estimate of drug-likeness (QED) is 0.513. The first-order valence-corrected chi connectivity index (χ1v) is 9.21. The van der Waals surface area contributed by atoms with Gasteiger partial charge in [0.25, 0.3) is 0 Å². The van der Waals surface area contributed by atoms with Crippen LogP contribution in [0.3, 0.4) is 0 Å². The summed E-state index contributed by atoms with van der Waals surface area (Å²) in [6.07, 6.45) is 16.1. The van der Waals surface area contributed by atoms with E-state index in [9.17, 15) is 0 Å². The van der Waals surface area contributed by atoms with Crippen molar-refractivity contribution in [1.29, 1.82) is 0 Å². The molecule has 21 heavy (non-hydrogen) atoms. The maximum absolute atomic E-state index is 4.21. The van der Waals surface area contributed by atoms with Crippen LogP contribution in [0.2, 0.25) is 0 Å². The molecule has 0 heterocycles. The molecule has 114 valence electrons. The van der Waals surface area contributed by atoms with Crippen molar-refractivity contribution in [2.24, 2.45) is 29.1 Å². The zero-order valence-electron chi connectivity index (χ0n) is 13.8. The summed E-state index contributed by atoms with van der Waals surface area (Å²) >= 11 is 0. The van der Waals surface area contributed by atoms with Crippen LogP contribution in [0.4, 0.5) is 0 Å². The van der Waals surface area contributed by atoms with E-state index in [0.717, 1.165) is 23.7 Å². The molecule has 0 N–H and O–H groups in total. The Morgan fingerprint density at radius 1 is 1.19 bits per heavy atom. The lowest BCUT2D eigenvalue weighted by Crippen LogP contribution is -2.45.